The number of hydrogen-bond donors (Lipinski definition) is 2. The summed E-state index contributed by atoms with van der Waals surface area (Å²) in [5, 5.41) is 5.58. The second-order valence-electron chi connectivity index (χ2n) is 6.96. The number of rotatable bonds is 8. The summed E-state index contributed by atoms with van der Waals surface area (Å²) < 4.78 is 15.7. The number of hydrogen-bond acceptors (Lipinski definition) is 6. The Hall–Kier alpha value is -3.46. The fraction of sp³-hybridized carbons (Fsp3) is 0.318. The molecule has 1 fully saturated rings. The Labute approximate surface area is 190 Å². The molecule has 1 heterocycles. The van der Waals surface area contributed by atoms with Crippen LogP contribution in [-0.2, 0) is 9.59 Å². The maximum absolute atomic E-state index is 12.5. The molecule has 0 radical (unpaired) electrons. The first-order valence-electron chi connectivity index (χ1n) is 9.86. The number of carbonyl (C=O) groups excluding carboxylic acids is 3. The van der Waals surface area contributed by atoms with Crippen LogP contribution in [-0.4, -0.2) is 52.1 Å². The van der Waals surface area contributed by atoms with E-state index in [4.69, 9.17) is 25.8 Å². The van der Waals surface area contributed by atoms with Crippen molar-refractivity contribution in [3.05, 3.63) is 40.9 Å². The van der Waals surface area contributed by atoms with Crippen LogP contribution in [0, 0.1) is 0 Å². The van der Waals surface area contributed by atoms with Crippen molar-refractivity contribution in [3.63, 3.8) is 0 Å². The van der Waals surface area contributed by atoms with Gasteiger partial charge in [-0.3, -0.25) is 14.4 Å². The highest BCUT2D eigenvalue weighted by Gasteiger charge is 2.24. The Bertz CT molecular complexity index is 1020. The average Bonchev–Trinajstić information content (AvgIpc) is 3.21. The van der Waals surface area contributed by atoms with E-state index in [1.807, 2.05) is 0 Å². The van der Waals surface area contributed by atoms with Crippen LogP contribution in [0.15, 0.2) is 30.3 Å². The number of ether oxygens (including phenoxy) is 3. The highest BCUT2D eigenvalue weighted by molar-refractivity contribution is 6.34. The third-order valence-corrected chi connectivity index (χ3v) is 5.23. The van der Waals surface area contributed by atoms with Crippen LogP contribution in [0.4, 0.5) is 11.4 Å². The SMILES string of the molecule is COc1cc(C(=O)NCC(=O)Nc2ccc(N3CCCC3=O)c(Cl)c2)cc(OC)c1OC. The summed E-state index contributed by atoms with van der Waals surface area (Å²) >= 11 is 6.30. The Kier molecular flexibility index (Phi) is 7.42. The summed E-state index contributed by atoms with van der Waals surface area (Å²) in [6.45, 7) is 0.358. The van der Waals surface area contributed by atoms with Crippen molar-refractivity contribution in [2.45, 2.75) is 12.8 Å². The van der Waals surface area contributed by atoms with Crippen LogP contribution in [0.1, 0.15) is 23.2 Å². The first-order valence-corrected chi connectivity index (χ1v) is 10.2. The minimum atomic E-state index is -0.486. The van der Waals surface area contributed by atoms with Crippen LogP contribution in [0.3, 0.4) is 0 Å². The van der Waals surface area contributed by atoms with Gasteiger partial charge >= 0.3 is 0 Å². The predicted octanol–water partition coefficient (Wildman–Crippen LogP) is 2.86. The number of halogens is 1. The molecule has 9 nitrogen and oxygen atoms in total. The third kappa shape index (κ3) is 5.05. The molecule has 2 aromatic carbocycles. The van der Waals surface area contributed by atoms with Crippen LogP contribution >= 0.6 is 11.6 Å². The van der Waals surface area contributed by atoms with Crippen LogP contribution in [0.5, 0.6) is 17.2 Å². The Morgan fingerprint density at radius 2 is 1.75 bits per heavy atom. The van der Waals surface area contributed by atoms with E-state index in [2.05, 4.69) is 10.6 Å². The molecule has 3 amide bonds. The number of nitrogens with one attached hydrogen (secondary N) is 2. The predicted molar refractivity (Wildman–Crippen MR) is 120 cm³/mol. The van der Waals surface area contributed by atoms with Crippen LogP contribution < -0.4 is 29.7 Å². The number of anilines is 2. The summed E-state index contributed by atoms with van der Waals surface area (Å²) in [5.41, 5.74) is 1.32. The van der Waals surface area contributed by atoms with Crippen molar-refractivity contribution >= 4 is 40.7 Å². The molecule has 0 aromatic heterocycles. The number of nitrogens with zero attached hydrogens (tertiary/aromatic N) is 1. The number of methoxy groups -OCH3 is 3. The minimum Gasteiger partial charge on any atom is -0.493 e. The molecule has 1 saturated heterocycles. The summed E-state index contributed by atoms with van der Waals surface area (Å²) in [4.78, 5) is 38.3. The molecule has 3 rings (SSSR count). The molecule has 0 bridgehead atoms. The molecule has 1 aliphatic rings. The molecule has 0 aliphatic carbocycles. The van der Waals surface area contributed by atoms with E-state index in [-0.39, 0.29) is 18.0 Å². The van der Waals surface area contributed by atoms with Crippen molar-refractivity contribution in [2.24, 2.45) is 0 Å². The highest BCUT2D eigenvalue weighted by Crippen LogP contribution is 2.38. The molecule has 170 valence electrons. The van der Waals surface area contributed by atoms with Gasteiger partial charge in [-0.05, 0) is 36.8 Å². The monoisotopic (exact) mass is 461 g/mol. The zero-order chi connectivity index (χ0) is 23.3. The van der Waals surface area contributed by atoms with Crippen LogP contribution in [0.25, 0.3) is 0 Å². The fourth-order valence-corrected chi connectivity index (χ4v) is 3.67. The molecule has 32 heavy (non-hydrogen) atoms. The van der Waals surface area contributed by atoms with Gasteiger partial charge in [-0.1, -0.05) is 11.6 Å². The van der Waals surface area contributed by atoms with Crippen molar-refractivity contribution in [1.29, 1.82) is 0 Å². The largest absolute Gasteiger partial charge is 0.493 e. The molecule has 0 atom stereocenters. The number of benzene rings is 2. The van der Waals surface area contributed by atoms with Crippen molar-refractivity contribution in [2.75, 3.05) is 44.6 Å². The lowest BCUT2D eigenvalue weighted by Crippen LogP contribution is -2.33. The quantitative estimate of drug-likeness (QED) is 0.626. The molecule has 0 unspecified atom stereocenters. The van der Waals surface area contributed by atoms with Gasteiger partial charge in [0, 0.05) is 24.2 Å². The number of carbonyl (C=O) groups is 3. The van der Waals surface area contributed by atoms with Gasteiger partial charge in [0.2, 0.25) is 17.6 Å². The zero-order valence-electron chi connectivity index (χ0n) is 18.0. The second kappa shape index (κ2) is 10.2. The van der Waals surface area contributed by atoms with Gasteiger partial charge in [-0.2, -0.15) is 0 Å². The highest BCUT2D eigenvalue weighted by atomic mass is 35.5. The van der Waals surface area contributed by atoms with Gasteiger partial charge in [0.15, 0.2) is 11.5 Å². The van der Waals surface area contributed by atoms with Crippen molar-refractivity contribution < 1.29 is 28.6 Å². The van der Waals surface area contributed by atoms with E-state index < -0.39 is 11.8 Å². The van der Waals surface area contributed by atoms with Gasteiger partial charge < -0.3 is 29.7 Å². The van der Waals surface area contributed by atoms with Gasteiger partial charge in [0.25, 0.3) is 5.91 Å². The Morgan fingerprint density at radius 1 is 1.06 bits per heavy atom. The summed E-state index contributed by atoms with van der Waals surface area (Å²) in [7, 11) is 4.36. The lowest BCUT2D eigenvalue weighted by molar-refractivity contribution is -0.117. The zero-order valence-corrected chi connectivity index (χ0v) is 18.7. The first kappa shape index (κ1) is 23.2. The lowest BCUT2D eigenvalue weighted by Gasteiger charge is -2.18. The minimum absolute atomic E-state index is 0.0261. The summed E-state index contributed by atoms with van der Waals surface area (Å²) in [6.07, 6.45) is 1.29. The van der Waals surface area contributed by atoms with E-state index in [0.717, 1.165) is 6.42 Å². The maximum Gasteiger partial charge on any atom is 0.251 e. The molecule has 0 spiro atoms. The molecule has 2 N–H and O–H groups in total. The topological polar surface area (TPSA) is 106 Å². The van der Waals surface area contributed by atoms with Gasteiger partial charge in [0.05, 0.1) is 38.6 Å². The van der Waals surface area contributed by atoms with E-state index >= 15 is 0 Å². The summed E-state index contributed by atoms with van der Waals surface area (Å²) in [6, 6.07) is 7.91. The van der Waals surface area contributed by atoms with E-state index in [9.17, 15) is 14.4 Å². The molecular formula is C22H24ClN3O6. The van der Waals surface area contributed by atoms with E-state index in [0.29, 0.717) is 46.6 Å². The Balaban J connectivity index is 1.62. The second-order valence-corrected chi connectivity index (χ2v) is 7.37. The molecule has 0 saturated carbocycles. The van der Waals surface area contributed by atoms with Gasteiger partial charge in [0.1, 0.15) is 0 Å². The van der Waals surface area contributed by atoms with Gasteiger partial charge in [-0.25, -0.2) is 0 Å². The fourth-order valence-electron chi connectivity index (χ4n) is 3.39. The average molecular weight is 462 g/mol. The van der Waals surface area contributed by atoms with Gasteiger partial charge in [-0.15, -0.1) is 0 Å². The standard InChI is InChI=1S/C22H24ClN3O6/c1-30-17-9-13(10-18(31-2)21(17)32-3)22(29)24-12-19(27)25-14-6-7-16(15(23)11-14)26-8-4-5-20(26)28/h6-7,9-11H,4-5,8,12H2,1-3H3,(H,24,29)(H,25,27). The first-order chi connectivity index (χ1) is 15.4. The molecular weight excluding hydrogens is 438 g/mol. The Morgan fingerprint density at radius 3 is 2.28 bits per heavy atom. The van der Waals surface area contributed by atoms with E-state index in [1.54, 1.807) is 23.1 Å². The molecule has 10 heteroatoms. The maximum atomic E-state index is 12.5. The summed E-state index contributed by atoms with van der Waals surface area (Å²) in [5.74, 6) is 0.117. The third-order valence-electron chi connectivity index (χ3n) is 4.93. The number of amides is 3. The van der Waals surface area contributed by atoms with Crippen molar-refractivity contribution in [3.8, 4) is 17.2 Å². The molecule has 1 aliphatic heterocycles. The van der Waals surface area contributed by atoms with Crippen LogP contribution in [0.2, 0.25) is 5.02 Å². The van der Waals surface area contributed by atoms with E-state index in [1.165, 1.54) is 33.5 Å². The lowest BCUT2D eigenvalue weighted by atomic mass is 10.1. The van der Waals surface area contributed by atoms with Crippen molar-refractivity contribution in [1.82, 2.24) is 5.32 Å². The normalized spacial score (nSPS) is 13.0. The molecule has 2 aromatic rings. The smallest absolute Gasteiger partial charge is 0.251 e.